The first-order valence-corrected chi connectivity index (χ1v) is 8.13. The minimum absolute atomic E-state index is 0.283. The zero-order chi connectivity index (χ0) is 17.0. The van der Waals surface area contributed by atoms with Crippen LogP contribution in [0, 0.1) is 5.92 Å². The molecule has 0 radical (unpaired) electrons. The highest BCUT2D eigenvalue weighted by molar-refractivity contribution is 5.85. The van der Waals surface area contributed by atoms with Crippen molar-refractivity contribution >= 4 is 22.6 Å². The number of aromatic nitrogens is 1. The van der Waals surface area contributed by atoms with E-state index in [9.17, 15) is 4.79 Å². The summed E-state index contributed by atoms with van der Waals surface area (Å²) in [6.45, 7) is 1.54. The molecule has 2 aromatic heterocycles. The van der Waals surface area contributed by atoms with Crippen molar-refractivity contribution in [3.05, 3.63) is 48.4 Å². The topological polar surface area (TPSA) is 74.0 Å². The molecule has 0 saturated carbocycles. The number of carboxylic acid groups (broad SMARTS) is 1. The third-order valence-electron chi connectivity index (χ3n) is 4.87. The Labute approximate surface area is 143 Å². The van der Waals surface area contributed by atoms with Crippen molar-refractivity contribution in [2.45, 2.75) is 6.61 Å². The standard InChI is InChI=1S/C19H14N2O4/c22-19(23)13-7-21(8-13)14-1-2-15-17(6-14)25-9-12-5-11-3-4-24-10-16(11)20-18(12)15/h1-6,10,13H,7-9H2/p+1. The van der Waals surface area contributed by atoms with E-state index in [-0.39, 0.29) is 5.92 Å². The number of carbonyl (C=O) groups is 1. The maximum Gasteiger partial charge on any atom is 0.343 e. The van der Waals surface area contributed by atoms with Gasteiger partial charge in [0.25, 0.3) is 0 Å². The van der Waals surface area contributed by atoms with Crippen LogP contribution < -0.4 is 9.64 Å². The Hall–Kier alpha value is -3.15. The van der Waals surface area contributed by atoms with Crippen LogP contribution >= 0.6 is 0 Å². The summed E-state index contributed by atoms with van der Waals surface area (Å²) in [5.41, 5.74) is 4.70. The zero-order valence-corrected chi connectivity index (χ0v) is 13.3. The Morgan fingerprint density at radius 3 is 3.00 bits per heavy atom. The van der Waals surface area contributed by atoms with Crippen LogP contribution in [0.1, 0.15) is 5.56 Å². The smallest absolute Gasteiger partial charge is 0.343 e. The van der Waals surface area contributed by atoms with Crippen LogP contribution in [-0.2, 0) is 11.4 Å². The van der Waals surface area contributed by atoms with Gasteiger partial charge in [0.1, 0.15) is 12.4 Å². The van der Waals surface area contributed by atoms with Gasteiger partial charge in [-0.15, -0.1) is 0 Å². The number of ether oxygens (including phenoxy) is 1. The summed E-state index contributed by atoms with van der Waals surface area (Å²) in [6.07, 6.45) is 3.28. The van der Waals surface area contributed by atoms with E-state index < -0.39 is 5.97 Å². The van der Waals surface area contributed by atoms with Gasteiger partial charge in [-0.05, 0) is 18.2 Å². The van der Waals surface area contributed by atoms with Crippen LogP contribution in [0.25, 0.3) is 22.2 Å². The van der Waals surface area contributed by atoms with Gasteiger partial charge in [-0.3, -0.25) is 4.79 Å². The van der Waals surface area contributed by atoms with Crippen LogP contribution in [-0.4, -0.2) is 29.1 Å². The molecular weight excluding hydrogens is 320 g/mol. The molecule has 124 valence electrons. The average Bonchev–Trinajstić information content (AvgIpc) is 2.58. The maximum absolute atomic E-state index is 11.0. The molecule has 25 heavy (non-hydrogen) atoms. The van der Waals surface area contributed by atoms with Crippen LogP contribution in [0.3, 0.4) is 0 Å². The second kappa shape index (κ2) is 5.17. The molecule has 6 nitrogen and oxygen atoms in total. The normalized spacial score (nSPS) is 15.9. The molecule has 1 aromatic carbocycles. The number of aliphatic carboxylic acids is 1. The third-order valence-corrected chi connectivity index (χ3v) is 4.87. The molecule has 0 unspecified atom stereocenters. The fraction of sp³-hybridized carbons (Fsp3) is 0.211. The molecule has 6 heteroatoms. The molecule has 0 bridgehead atoms. The van der Waals surface area contributed by atoms with Crippen molar-refractivity contribution in [2.24, 2.45) is 5.92 Å². The molecule has 1 fully saturated rings. The summed E-state index contributed by atoms with van der Waals surface area (Å²) >= 11 is 0. The SMILES string of the molecule is O=C(O)C1CN(c2ccc3c(c2)OCc2cc4cc[o+]cc4nc2-3)C1. The van der Waals surface area contributed by atoms with Gasteiger partial charge in [-0.1, -0.05) is 0 Å². The van der Waals surface area contributed by atoms with Gasteiger partial charge in [0, 0.05) is 47.4 Å². The monoisotopic (exact) mass is 335 g/mol. The van der Waals surface area contributed by atoms with Gasteiger partial charge in [0.15, 0.2) is 5.52 Å². The highest BCUT2D eigenvalue weighted by Gasteiger charge is 2.33. The number of carboxylic acids is 1. The van der Waals surface area contributed by atoms with Gasteiger partial charge >= 0.3 is 18.5 Å². The lowest BCUT2D eigenvalue weighted by molar-refractivity contribution is -0.142. The largest absolute Gasteiger partial charge is 0.488 e. The lowest BCUT2D eigenvalue weighted by Gasteiger charge is -2.39. The molecular formula is C19H15N2O4+. The number of nitrogens with zero attached hydrogens (tertiary/aromatic N) is 2. The predicted octanol–water partition coefficient (Wildman–Crippen LogP) is 3.19. The van der Waals surface area contributed by atoms with Crippen LogP contribution in [0.4, 0.5) is 5.69 Å². The van der Waals surface area contributed by atoms with E-state index in [0.717, 1.165) is 39.2 Å². The Morgan fingerprint density at radius 2 is 2.16 bits per heavy atom. The molecule has 0 aliphatic carbocycles. The van der Waals surface area contributed by atoms with Crippen LogP contribution in [0.2, 0.25) is 0 Å². The zero-order valence-electron chi connectivity index (χ0n) is 13.3. The molecule has 2 aliphatic rings. The average molecular weight is 335 g/mol. The molecule has 0 spiro atoms. The fourth-order valence-electron chi connectivity index (χ4n) is 3.40. The van der Waals surface area contributed by atoms with E-state index in [2.05, 4.69) is 6.07 Å². The summed E-state index contributed by atoms with van der Waals surface area (Å²) in [4.78, 5) is 17.8. The van der Waals surface area contributed by atoms with Gasteiger partial charge in [-0.2, -0.15) is 0 Å². The number of anilines is 1. The molecule has 0 atom stereocenters. The van der Waals surface area contributed by atoms with Gasteiger partial charge < -0.3 is 14.7 Å². The minimum Gasteiger partial charge on any atom is -0.488 e. The van der Waals surface area contributed by atoms with Crippen molar-refractivity contribution in [3.63, 3.8) is 0 Å². The highest BCUT2D eigenvalue weighted by atomic mass is 16.5. The fourth-order valence-corrected chi connectivity index (χ4v) is 3.40. The summed E-state index contributed by atoms with van der Waals surface area (Å²) in [5.74, 6) is -0.237. The molecule has 1 saturated heterocycles. The Balaban J connectivity index is 1.52. The van der Waals surface area contributed by atoms with E-state index in [1.807, 2.05) is 29.2 Å². The summed E-state index contributed by atoms with van der Waals surface area (Å²) in [5, 5.41) is 10.0. The quantitative estimate of drug-likeness (QED) is 0.725. The molecule has 0 amide bonds. The number of pyridine rings is 1. The maximum atomic E-state index is 11.0. The van der Waals surface area contributed by atoms with Crippen molar-refractivity contribution < 1.29 is 19.1 Å². The van der Waals surface area contributed by atoms with E-state index in [0.29, 0.717) is 19.7 Å². The predicted molar refractivity (Wildman–Crippen MR) is 91.5 cm³/mol. The van der Waals surface area contributed by atoms with Crippen molar-refractivity contribution in [1.29, 1.82) is 0 Å². The number of hydrogen-bond donors (Lipinski definition) is 1. The lowest BCUT2D eigenvalue weighted by Crippen LogP contribution is -2.50. The molecule has 3 aromatic rings. The van der Waals surface area contributed by atoms with E-state index in [1.54, 1.807) is 12.5 Å². The summed E-state index contributed by atoms with van der Waals surface area (Å²) < 4.78 is 11.1. The van der Waals surface area contributed by atoms with Crippen molar-refractivity contribution in [2.75, 3.05) is 18.0 Å². The van der Waals surface area contributed by atoms with Gasteiger partial charge in [0.2, 0.25) is 0 Å². The number of fused-ring (bicyclic) bond motifs is 4. The number of benzene rings is 1. The van der Waals surface area contributed by atoms with Gasteiger partial charge in [-0.25, -0.2) is 9.40 Å². The second-order valence-electron chi connectivity index (χ2n) is 6.44. The summed E-state index contributed by atoms with van der Waals surface area (Å²) in [6, 6.07) is 9.94. The summed E-state index contributed by atoms with van der Waals surface area (Å²) in [7, 11) is 0. The highest BCUT2D eigenvalue weighted by Crippen LogP contribution is 2.40. The van der Waals surface area contributed by atoms with E-state index in [1.165, 1.54) is 0 Å². The van der Waals surface area contributed by atoms with Crippen LogP contribution in [0.15, 0.2) is 47.3 Å². The first-order chi connectivity index (χ1) is 12.2. The number of rotatable bonds is 2. The van der Waals surface area contributed by atoms with Crippen molar-refractivity contribution in [3.8, 4) is 17.0 Å². The number of hydrogen-bond acceptors (Lipinski definition) is 4. The molecule has 4 heterocycles. The van der Waals surface area contributed by atoms with Crippen molar-refractivity contribution in [1.82, 2.24) is 4.98 Å². The second-order valence-corrected chi connectivity index (χ2v) is 6.44. The first-order valence-electron chi connectivity index (χ1n) is 8.13. The minimum atomic E-state index is -0.735. The molecule has 1 N–H and O–H groups in total. The lowest BCUT2D eigenvalue weighted by atomic mass is 9.97. The molecule has 2 aliphatic heterocycles. The van der Waals surface area contributed by atoms with Gasteiger partial charge in [0.05, 0.1) is 11.6 Å². The third kappa shape index (κ3) is 2.21. The Kier molecular flexibility index (Phi) is 2.94. The van der Waals surface area contributed by atoms with E-state index >= 15 is 0 Å². The molecule has 5 rings (SSSR count). The van der Waals surface area contributed by atoms with E-state index in [4.69, 9.17) is 19.2 Å². The first kappa shape index (κ1) is 14.2. The van der Waals surface area contributed by atoms with Crippen LogP contribution in [0.5, 0.6) is 5.75 Å². The Bertz CT molecular complexity index is 1010. The Morgan fingerprint density at radius 1 is 1.28 bits per heavy atom.